The third-order valence-electron chi connectivity index (χ3n) is 3.51. The molecule has 1 aliphatic heterocycles. The molecule has 1 N–H and O–H groups in total. The van der Waals surface area contributed by atoms with Gasteiger partial charge in [0.15, 0.2) is 0 Å². The normalized spacial score (nSPS) is 16.0. The summed E-state index contributed by atoms with van der Waals surface area (Å²) in [6.07, 6.45) is 2.35. The number of hydrogen-bond donors (Lipinski definition) is 1. The highest BCUT2D eigenvalue weighted by Crippen LogP contribution is 2.14. The number of amides is 1. The zero-order valence-electron chi connectivity index (χ0n) is 12.2. The van der Waals surface area contributed by atoms with Gasteiger partial charge in [0.1, 0.15) is 6.07 Å². The van der Waals surface area contributed by atoms with Crippen LogP contribution in [0.2, 0.25) is 0 Å². The van der Waals surface area contributed by atoms with E-state index in [1.54, 1.807) is 18.2 Å². The molecule has 0 aliphatic carbocycles. The van der Waals surface area contributed by atoms with Gasteiger partial charge in [0.2, 0.25) is 5.91 Å². The van der Waals surface area contributed by atoms with Crippen molar-refractivity contribution >= 4 is 11.6 Å². The molecule has 5 heteroatoms. The van der Waals surface area contributed by atoms with Crippen molar-refractivity contribution in [2.24, 2.45) is 0 Å². The van der Waals surface area contributed by atoms with Gasteiger partial charge < -0.3 is 15.0 Å². The molecule has 21 heavy (non-hydrogen) atoms. The molecule has 1 heterocycles. The molecular weight excluding hydrogens is 266 g/mol. The number of ether oxygens (including phenoxy) is 1. The molecule has 5 nitrogen and oxygen atoms in total. The molecule has 0 bridgehead atoms. The van der Waals surface area contributed by atoms with E-state index in [0.717, 1.165) is 45.7 Å². The number of carbonyl (C=O) groups is 1. The van der Waals surface area contributed by atoms with Gasteiger partial charge in [0.05, 0.1) is 17.9 Å². The molecule has 1 amide bonds. The molecule has 1 aliphatic rings. The third kappa shape index (κ3) is 5.18. The summed E-state index contributed by atoms with van der Waals surface area (Å²) in [6, 6.07) is 9.13. The van der Waals surface area contributed by atoms with Crippen molar-refractivity contribution < 1.29 is 9.53 Å². The fourth-order valence-corrected chi connectivity index (χ4v) is 2.39. The van der Waals surface area contributed by atoms with Crippen LogP contribution in [0, 0.1) is 11.3 Å². The third-order valence-corrected chi connectivity index (χ3v) is 3.51. The van der Waals surface area contributed by atoms with E-state index in [4.69, 9.17) is 10.00 Å². The van der Waals surface area contributed by atoms with Gasteiger partial charge in [-0.2, -0.15) is 5.26 Å². The second kappa shape index (κ2) is 8.40. The summed E-state index contributed by atoms with van der Waals surface area (Å²) in [6.45, 7) is 4.51. The number of anilines is 1. The molecule has 112 valence electrons. The first-order valence-corrected chi connectivity index (χ1v) is 7.38. The highest BCUT2D eigenvalue weighted by atomic mass is 16.5. The van der Waals surface area contributed by atoms with Crippen molar-refractivity contribution in [3.8, 4) is 6.07 Å². The number of rotatable bonds is 5. The van der Waals surface area contributed by atoms with Gasteiger partial charge in [-0.15, -0.1) is 0 Å². The topological polar surface area (TPSA) is 65.4 Å². The Balaban J connectivity index is 1.73. The number of benzene rings is 1. The minimum atomic E-state index is -0.0382. The highest BCUT2D eigenvalue weighted by Gasteiger charge is 2.10. The first-order chi connectivity index (χ1) is 10.3. The van der Waals surface area contributed by atoms with Gasteiger partial charge in [0, 0.05) is 26.1 Å². The first-order valence-electron chi connectivity index (χ1n) is 7.38. The maximum absolute atomic E-state index is 11.9. The van der Waals surface area contributed by atoms with E-state index in [9.17, 15) is 4.79 Å². The molecule has 1 aromatic rings. The van der Waals surface area contributed by atoms with E-state index in [-0.39, 0.29) is 5.91 Å². The Morgan fingerprint density at radius 2 is 2.19 bits per heavy atom. The quantitative estimate of drug-likeness (QED) is 0.899. The molecule has 0 aromatic heterocycles. The van der Waals surface area contributed by atoms with Crippen LogP contribution in [0.25, 0.3) is 0 Å². The molecule has 0 unspecified atom stereocenters. The largest absolute Gasteiger partial charge is 0.380 e. The number of nitrogens with one attached hydrogen (secondary N) is 1. The smallest absolute Gasteiger partial charge is 0.224 e. The van der Waals surface area contributed by atoms with Gasteiger partial charge in [0.25, 0.3) is 0 Å². The first kappa shape index (κ1) is 15.5. The lowest BCUT2D eigenvalue weighted by Crippen LogP contribution is -2.28. The molecular formula is C16H21N3O2. The van der Waals surface area contributed by atoms with Crippen molar-refractivity contribution in [3.63, 3.8) is 0 Å². The van der Waals surface area contributed by atoms with E-state index >= 15 is 0 Å². The minimum absolute atomic E-state index is 0.0382. The molecule has 0 saturated carbocycles. The Morgan fingerprint density at radius 3 is 3.05 bits per heavy atom. The Hall–Kier alpha value is -1.90. The summed E-state index contributed by atoms with van der Waals surface area (Å²) < 4.78 is 5.41. The number of nitrogens with zero attached hydrogens (tertiary/aromatic N) is 2. The van der Waals surface area contributed by atoms with Crippen LogP contribution >= 0.6 is 0 Å². The van der Waals surface area contributed by atoms with E-state index < -0.39 is 0 Å². The Labute approximate surface area is 125 Å². The Morgan fingerprint density at radius 1 is 1.33 bits per heavy atom. The predicted molar refractivity (Wildman–Crippen MR) is 80.9 cm³/mol. The SMILES string of the molecule is N#Cc1ccccc1NC(=O)CCCN1CCCOCC1. The monoisotopic (exact) mass is 287 g/mol. The fraction of sp³-hybridized carbons (Fsp3) is 0.500. The van der Waals surface area contributed by atoms with Crippen LogP contribution in [0.4, 0.5) is 5.69 Å². The lowest BCUT2D eigenvalue weighted by Gasteiger charge is -2.18. The molecule has 0 spiro atoms. The van der Waals surface area contributed by atoms with Crippen molar-refractivity contribution in [1.82, 2.24) is 4.90 Å². The summed E-state index contributed by atoms with van der Waals surface area (Å²) in [5.74, 6) is -0.0382. The van der Waals surface area contributed by atoms with Crippen LogP contribution < -0.4 is 5.32 Å². The van der Waals surface area contributed by atoms with Gasteiger partial charge in [-0.25, -0.2) is 0 Å². The average molecular weight is 287 g/mol. The number of hydrogen-bond acceptors (Lipinski definition) is 4. The van der Waals surface area contributed by atoms with Crippen LogP contribution in [-0.4, -0.2) is 43.7 Å². The average Bonchev–Trinajstić information content (AvgIpc) is 2.76. The lowest BCUT2D eigenvalue weighted by molar-refractivity contribution is -0.116. The molecule has 1 aromatic carbocycles. The maximum atomic E-state index is 11.9. The Bertz CT molecular complexity index is 502. The summed E-state index contributed by atoms with van der Waals surface area (Å²) in [4.78, 5) is 14.3. The van der Waals surface area contributed by atoms with Crippen LogP contribution in [0.1, 0.15) is 24.8 Å². The number of para-hydroxylation sites is 1. The standard InChI is InChI=1S/C16H21N3O2/c17-13-14-5-1-2-6-15(14)18-16(20)7-3-8-19-9-4-11-21-12-10-19/h1-2,5-6H,3-4,7-12H2,(H,18,20). The highest BCUT2D eigenvalue weighted by molar-refractivity contribution is 5.92. The van der Waals surface area contributed by atoms with Gasteiger partial charge in [-0.05, 0) is 31.5 Å². The van der Waals surface area contributed by atoms with Gasteiger partial charge >= 0.3 is 0 Å². The van der Waals surface area contributed by atoms with Crippen molar-refractivity contribution in [2.75, 3.05) is 38.2 Å². The second-order valence-electron chi connectivity index (χ2n) is 5.12. The predicted octanol–water partition coefficient (Wildman–Crippen LogP) is 2.00. The number of nitriles is 1. The molecule has 0 atom stereocenters. The lowest BCUT2D eigenvalue weighted by atomic mass is 10.2. The van der Waals surface area contributed by atoms with E-state index in [1.165, 1.54) is 0 Å². The second-order valence-corrected chi connectivity index (χ2v) is 5.12. The molecule has 1 saturated heterocycles. The van der Waals surface area contributed by atoms with Crippen LogP contribution in [-0.2, 0) is 9.53 Å². The van der Waals surface area contributed by atoms with Crippen LogP contribution in [0.15, 0.2) is 24.3 Å². The molecule has 1 fully saturated rings. The molecule has 2 rings (SSSR count). The maximum Gasteiger partial charge on any atom is 0.224 e. The fourth-order valence-electron chi connectivity index (χ4n) is 2.39. The minimum Gasteiger partial charge on any atom is -0.380 e. The van der Waals surface area contributed by atoms with Crippen LogP contribution in [0.5, 0.6) is 0 Å². The van der Waals surface area contributed by atoms with Crippen LogP contribution in [0.3, 0.4) is 0 Å². The van der Waals surface area contributed by atoms with Crippen molar-refractivity contribution in [1.29, 1.82) is 5.26 Å². The van der Waals surface area contributed by atoms with E-state index in [1.807, 2.05) is 6.07 Å². The number of carbonyl (C=O) groups excluding carboxylic acids is 1. The van der Waals surface area contributed by atoms with Crippen molar-refractivity contribution in [3.05, 3.63) is 29.8 Å². The van der Waals surface area contributed by atoms with Crippen molar-refractivity contribution in [2.45, 2.75) is 19.3 Å². The summed E-state index contributed by atoms with van der Waals surface area (Å²) >= 11 is 0. The summed E-state index contributed by atoms with van der Waals surface area (Å²) in [7, 11) is 0. The van der Waals surface area contributed by atoms with E-state index in [2.05, 4.69) is 16.3 Å². The van der Waals surface area contributed by atoms with E-state index in [0.29, 0.717) is 17.7 Å². The Kier molecular flexibility index (Phi) is 6.20. The molecule has 0 radical (unpaired) electrons. The summed E-state index contributed by atoms with van der Waals surface area (Å²) in [5, 5.41) is 11.8. The zero-order valence-corrected chi connectivity index (χ0v) is 12.2. The van der Waals surface area contributed by atoms with Gasteiger partial charge in [-0.1, -0.05) is 12.1 Å². The van der Waals surface area contributed by atoms with Gasteiger partial charge in [-0.3, -0.25) is 4.79 Å². The summed E-state index contributed by atoms with van der Waals surface area (Å²) in [5.41, 5.74) is 1.09. The zero-order chi connectivity index (χ0) is 14.9.